The number of nitrogens with two attached hydrogens (primary N) is 1. The van der Waals surface area contributed by atoms with E-state index in [0.29, 0.717) is 25.3 Å². The van der Waals surface area contributed by atoms with Gasteiger partial charge in [-0.3, -0.25) is 0 Å². The normalized spacial score (nSPS) is 22.5. The fourth-order valence-electron chi connectivity index (χ4n) is 3.04. The van der Waals surface area contributed by atoms with Crippen LogP contribution in [-0.4, -0.2) is 39.0 Å². The third-order valence-electron chi connectivity index (χ3n) is 4.48. The largest absolute Gasteiger partial charge is 0.495 e. The van der Waals surface area contributed by atoms with Gasteiger partial charge in [0.15, 0.2) is 0 Å². The molecule has 0 aromatic heterocycles. The van der Waals surface area contributed by atoms with Crippen molar-refractivity contribution in [3.05, 3.63) is 23.3 Å². The van der Waals surface area contributed by atoms with Gasteiger partial charge in [0.2, 0.25) is 10.0 Å². The Hall–Kier alpha value is -1.11. The molecule has 1 aliphatic rings. The summed E-state index contributed by atoms with van der Waals surface area (Å²) in [5.41, 5.74) is 7.61. The number of benzene rings is 1. The highest BCUT2D eigenvalue weighted by atomic mass is 32.2. The molecule has 2 rings (SSSR count). The third kappa shape index (κ3) is 3.00. The van der Waals surface area contributed by atoms with Gasteiger partial charge in [0, 0.05) is 19.1 Å². The molecule has 1 fully saturated rings. The van der Waals surface area contributed by atoms with Gasteiger partial charge in [-0.1, -0.05) is 19.9 Å². The second-order valence-electron chi connectivity index (χ2n) is 6.84. The summed E-state index contributed by atoms with van der Waals surface area (Å²) in [5, 5.41) is 0. The van der Waals surface area contributed by atoms with Crippen molar-refractivity contribution in [1.29, 1.82) is 0 Å². The average Bonchev–Trinajstić information content (AvgIpc) is 2.40. The summed E-state index contributed by atoms with van der Waals surface area (Å²) < 4.78 is 33.0. The Bertz CT molecular complexity index is 668. The van der Waals surface area contributed by atoms with Crippen molar-refractivity contribution in [1.82, 2.24) is 4.31 Å². The molecule has 1 aromatic rings. The lowest BCUT2D eigenvalue weighted by atomic mass is 9.81. The summed E-state index contributed by atoms with van der Waals surface area (Å²) in [6.45, 7) is 8.65. The van der Waals surface area contributed by atoms with Crippen LogP contribution in [0.2, 0.25) is 0 Å². The van der Waals surface area contributed by atoms with Crippen molar-refractivity contribution in [3.8, 4) is 5.75 Å². The lowest BCUT2D eigenvalue weighted by Gasteiger charge is -2.41. The molecule has 0 saturated carbocycles. The third-order valence-corrected chi connectivity index (χ3v) is 6.33. The molecular formula is C16H26N2O3S. The Labute approximate surface area is 133 Å². The van der Waals surface area contributed by atoms with Crippen molar-refractivity contribution >= 4 is 10.0 Å². The first-order chi connectivity index (χ1) is 10.1. The lowest BCUT2D eigenvalue weighted by molar-refractivity contribution is 0.155. The Morgan fingerprint density at radius 2 is 1.95 bits per heavy atom. The molecule has 5 nitrogen and oxygen atoms in total. The molecule has 0 amide bonds. The van der Waals surface area contributed by atoms with Gasteiger partial charge in [-0.2, -0.15) is 4.31 Å². The van der Waals surface area contributed by atoms with E-state index in [2.05, 4.69) is 0 Å². The molecular weight excluding hydrogens is 300 g/mol. The summed E-state index contributed by atoms with van der Waals surface area (Å²) >= 11 is 0. The Morgan fingerprint density at radius 1 is 1.32 bits per heavy atom. The predicted molar refractivity (Wildman–Crippen MR) is 87.6 cm³/mol. The molecule has 22 heavy (non-hydrogen) atoms. The fourth-order valence-corrected chi connectivity index (χ4v) is 4.98. The molecule has 1 unspecified atom stereocenters. The van der Waals surface area contributed by atoms with E-state index < -0.39 is 10.0 Å². The monoisotopic (exact) mass is 326 g/mol. The highest BCUT2D eigenvalue weighted by Crippen LogP contribution is 2.35. The zero-order valence-electron chi connectivity index (χ0n) is 14.0. The van der Waals surface area contributed by atoms with Gasteiger partial charge in [0.25, 0.3) is 0 Å². The van der Waals surface area contributed by atoms with Gasteiger partial charge in [0.1, 0.15) is 10.6 Å². The molecule has 1 atom stereocenters. The number of rotatable bonds is 3. The zero-order chi connectivity index (χ0) is 16.7. The summed E-state index contributed by atoms with van der Waals surface area (Å²) in [5.74, 6) is 0.429. The van der Waals surface area contributed by atoms with Crippen molar-refractivity contribution in [3.63, 3.8) is 0 Å². The minimum atomic E-state index is -3.59. The molecule has 1 aliphatic heterocycles. The minimum absolute atomic E-state index is 0.0140. The van der Waals surface area contributed by atoms with Gasteiger partial charge >= 0.3 is 0 Å². The smallest absolute Gasteiger partial charge is 0.246 e. The number of nitrogens with zero attached hydrogens (tertiary/aromatic N) is 1. The van der Waals surface area contributed by atoms with Crippen LogP contribution >= 0.6 is 0 Å². The second kappa shape index (κ2) is 5.83. The van der Waals surface area contributed by atoms with E-state index >= 15 is 0 Å². The highest BCUT2D eigenvalue weighted by Gasteiger charge is 2.39. The maximum absolute atomic E-state index is 13.1. The SMILES string of the molecule is COc1c(C)cc(C)cc1S(=O)(=O)N1CCC(N)C(C)(C)C1. The highest BCUT2D eigenvalue weighted by molar-refractivity contribution is 7.89. The molecule has 1 saturated heterocycles. The number of sulfonamides is 1. The van der Waals surface area contributed by atoms with Gasteiger partial charge in [-0.05, 0) is 42.9 Å². The van der Waals surface area contributed by atoms with E-state index in [-0.39, 0.29) is 16.4 Å². The van der Waals surface area contributed by atoms with Crippen molar-refractivity contribution in [2.45, 2.75) is 45.1 Å². The van der Waals surface area contributed by atoms with Crippen molar-refractivity contribution in [2.75, 3.05) is 20.2 Å². The number of ether oxygens (including phenoxy) is 1. The number of piperidine rings is 1. The maximum Gasteiger partial charge on any atom is 0.246 e. The lowest BCUT2D eigenvalue weighted by Crippen LogP contribution is -2.53. The quantitative estimate of drug-likeness (QED) is 0.923. The predicted octanol–water partition coefficient (Wildman–Crippen LogP) is 2.06. The van der Waals surface area contributed by atoms with Crippen LogP contribution in [0.15, 0.2) is 17.0 Å². The van der Waals surface area contributed by atoms with Crippen LogP contribution in [0.1, 0.15) is 31.4 Å². The van der Waals surface area contributed by atoms with Crippen molar-refractivity contribution < 1.29 is 13.2 Å². The van der Waals surface area contributed by atoms with Crippen LogP contribution in [0.3, 0.4) is 0 Å². The van der Waals surface area contributed by atoms with Crippen molar-refractivity contribution in [2.24, 2.45) is 11.1 Å². The van der Waals surface area contributed by atoms with Crippen LogP contribution in [-0.2, 0) is 10.0 Å². The molecule has 0 bridgehead atoms. The molecule has 0 radical (unpaired) electrons. The molecule has 0 aliphatic carbocycles. The Morgan fingerprint density at radius 3 is 2.50 bits per heavy atom. The Kier molecular flexibility index (Phi) is 4.57. The fraction of sp³-hybridized carbons (Fsp3) is 0.625. The molecule has 0 spiro atoms. The first-order valence-corrected chi connectivity index (χ1v) is 8.94. The molecule has 124 valence electrons. The number of hydrogen-bond donors (Lipinski definition) is 1. The van der Waals surface area contributed by atoms with Gasteiger partial charge in [-0.15, -0.1) is 0 Å². The van der Waals surface area contributed by atoms with E-state index in [1.165, 1.54) is 11.4 Å². The number of hydrogen-bond acceptors (Lipinski definition) is 4. The van der Waals surface area contributed by atoms with Crippen LogP contribution in [0.5, 0.6) is 5.75 Å². The standard InChI is InChI=1S/C16H26N2O3S/c1-11-8-12(2)15(21-5)13(9-11)22(19,20)18-7-6-14(17)16(3,4)10-18/h8-9,14H,6-7,10,17H2,1-5H3. The van der Waals surface area contributed by atoms with E-state index in [1.807, 2.05) is 33.8 Å². The van der Waals surface area contributed by atoms with E-state index in [0.717, 1.165) is 11.1 Å². The number of aryl methyl sites for hydroxylation is 2. The summed E-state index contributed by atoms with van der Waals surface area (Å²) in [6.07, 6.45) is 0.666. The summed E-state index contributed by atoms with van der Waals surface area (Å²) in [7, 11) is -2.08. The summed E-state index contributed by atoms with van der Waals surface area (Å²) in [4.78, 5) is 0.249. The Balaban J connectivity index is 2.48. The number of methoxy groups -OCH3 is 1. The van der Waals surface area contributed by atoms with Gasteiger partial charge in [-0.25, -0.2) is 8.42 Å². The minimum Gasteiger partial charge on any atom is -0.495 e. The summed E-state index contributed by atoms with van der Waals surface area (Å²) in [6, 6.07) is 3.62. The average molecular weight is 326 g/mol. The molecule has 2 N–H and O–H groups in total. The second-order valence-corrected chi connectivity index (χ2v) is 8.74. The first kappa shape index (κ1) is 17.2. The topological polar surface area (TPSA) is 72.6 Å². The maximum atomic E-state index is 13.1. The molecule has 1 heterocycles. The zero-order valence-corrected chi connectivity index (χ0v) is 14.8. The van der Waals surface area contributed by atoms with Gasteiger partial charge in [0.05, 0.1) is 7.11 Å². The molecule has 6 heteroatoms. The van der Waals surface area contributed by atoms with Crippen LogP contribution in [0.4, 0.5) is 0 Å². The first-order valence-electron chi connectivity index (χ1n) is 7.50. The van der Waals surface area contributed by atoms with E-state index in [4.69, 9.17) is 10.5 Å². The van der Waals surface area contributed by atoms with Crippen LogP contribution < -0.4 is 10.5 Å². The van der Waals surface area contributed by atoms with E-state index in [9.17, 15) is 8.42 Å². The van der Waals surface area contributed by atoms with Crippen LogP contribution in [0, 0.1) is 19.3 Å². The van der Waals surface area contributed by atoms with Gasteiger partial charge < -0.3 is 10.5 Å². The van der Waals surface area contributed by atoms with Crippen LogP contribution in [0.25, 0.3) is 0 Å². The molecule has 1 aromatic carbocycles. The van der Waals surface area contributed by atoms with E-state index in [1.54, 1.807) is 6.07 Å².